The summed E-state index contributed by atoms with van der Waals surface area (Å²) in [5.41, 5.74) is 0. The summed E-state index contributed by atoms with van der Waals surface area (Å²) in [6, 6.07) is 0. The molecule has 4 nitrogen and oxygen atoms in total. The van der Waals surface area contributed by atoms with Crippen molar-refractivity contribution in [3.8, 4) is 0 Å². The van der Waals surface area contributed by atoms with Crippen LogP contribution < -0.4 is 16.0 Å². The predicted octanol–water partition coefficient (Wildman–Crippen LogP) is 0.102. The second-order valence-corrected chi connectivity index (χ2v) is 4.12. The number of nitrogens with one attached hydrogen (secondary N) is 3. The van der Waals surface area contributed by atoms with Crippen molar-refractivity contribution in [2.45, 2.75) is 26.2 Å². The maximum Gasteiger partial charge on any atom is 0.221 e. The van der Waals surface area contributed by atoms with Crippen LogP contribution in [0.1, 0.15) is 26.2 Å². The first-order valence-corrected chi connectivity index (χ1v) is 6.01. The molecule has 1 aliphatic rings. The van der Waals surface area contributed by atoms with Gasteiger partial charge in [0.15, 0.2) is 0 Å². The average molecular weight is 213 g/mol. The highest BCUT2D eigenvalue weighted by Crippen LogP contribution is 2.07. The van der Waals surface area contributed by atoms with E-state index >= 15 is 0 Å². The van der Waals surface area contributed by atoms with Crippen LogP contribution in [0.4, 0.5) is 0 Å². The van der Waals surface area contributed by atoms with E-state index in [4.69, 9.17) is 0 Å². The molecule has 4 heteroatoms. The molecule has 0 spiro atoms. The van der Waals surface area contributed by atoms with Crippen molar-refractivity contribution in [1.29, 1.82) is 0 Å². The lowest BCUT2D eigenvalue weighted by molar-refractivity contribution is -0.120. The number of hydrogen-bond donors (Lipinski definition) is 3. The van der Waals surface area contributed by atoms with Gasteiger partial charge < -0.3 is 16.0 Å². The Morgan fingerprint density at radius 3 is 3.07 bits per heavy atom. The predicted molar refractivity (Wildman–Crippen MR) is 61.8 cm³/mol. The second-order valence-electron chi connectivity index (χ2n) is 4.12. The summed E-state index contributed by atoms with van der Waals surface area (Å²) in [5.74, 6) is 0.889. The third kappa shape index (κ3) is 5.74. The monoisotopic (exact) mass is 213 g/mol. The van der Waals surface area contributed by atoms with Crippen LogP contribution in [0.15, 0.2) is 0 Å². The van der Waals surface area contributed by atoms with Gasteiger partial charge in [0.25, 0.3) is 0 Å². The van der Waals surface area contributed by atoms with Gasteiger partial charge in [-0.05, 0) is 45.3 Å². The molecule has 0 aromatic rings. The van der Waals surface area contributed by atoms with Crippen molar-refractivity contribution >= 4 is 5.91 Å². The lowest BCUT2D eigenvalue weighted by atomic mass is 10.00. The quantitative estimate of drug-likeness (QED) is 0.549. The SMILES string of the molecule is CCNC(=O)CCNCC1CCCNC1. The van der Waals surface area contributed by atoms with Gasteiger partial charge in [0, 0.05) is 19.5 Å². The lowest BCUT2D eigenvalue weighted by Gasteiger charge is -2.22. The number of amides is 1. The molecule has 1 saturated heterocycles. The molecular weight excluding hydrogens is 190 g/mol. The van der Waals surface area contributed by atoms with Gasteiger partial charge in [-0.1, -0.05) is 0 Å². The Kier molecular flexibility index (Phi) is 6.36. The molecule has 0 radical (unpaired) electrons. The minimum absolute atomic E-state index is 0.145. The first-order valence-electron chi connectivity index (χ1n) is 6.01. The van der Waals surface area contributed by atoms with E-state index in [1.807, 2.05) is 6.92 Å². The third-order valence-electron chi connectivity index (χ3n) is 2.73. The molecule has 88 valence electrons. The van der Waals surface area contributed by atoms with Crippen LogP contribution in [-0.4, -0.2) is 38.6 Å². The van der Waals surface area contributed by atoms with Crippen molar-refractivity contribution in [1.82, 2.24) is 16.0 Å². The van der Waals surface area contributed by atoms with Crippen molar-refractivity contribution in [3.63, 3.8) is 0 Å². The van der Waals surface area contributed by atoms with Crippen LogP contribution in [0.3, 0.4) is 0 Å². The summed E-state index contributed by atoms with van der Waals surface area (Å²) < 4.78 is 0. The highest BCUT2D eigenvalue weighted by atomic mass is 16.1. The van der Waals surface area contributed by atoms with Gasteiger partial charge >= 0.3 is 0 Å². The first-order chi connectivity index (χ1) is 7.33. The van der Waals surface area contributed by atoms with Crippen LogP contribution in [0.5, 0.6) is 0 Å². The van der Waals surface area contributed by atoms with Crippen LogP contribution in [0, 0.1) is 5.92 Å². The Bertz CT molecular complexity index is 179. The number of carbonyl (C=O) groups is 1. The average Bonchev–Trinajstić information content (AvgIpc) is 2.26. The van der Waals surface area contributed by atoms with Gasteiger partial charge in [0.2, 0.25) is 5.91 Å². The molecule has 3 N–H and O–H groups in total. The molecule has 1 rings (SSSR count). The highest BCUT2D eigenvalue weighted by molar-refractivity contribution is 5.75. The molecular formula is C11H23N3O. The largest absolute Gasteiger partial charge is 0.356 e. The van der Waals surface area contributed by atoms with Crippen molar-refractivity contribution < 1.29 is 4.79 Å². The van der Waals surface area contributed by atoms with Gasteiger partial charge in [-0.2, -0.15) is 0 Å². The smallest absolute Gasteiger partial charge is 0.221 e. The Balaban J connectivity index is 1.93. The zero-order chi connectivity index (χ0) is 10.9. The fourth-order valence-electron chi connectivity index (χ4n) is 1.89. The van der Waals surface area contributed by atoms with Gasteiger partial charge in [0.05, 0.1) is 0 Å². The van der Waals surface area contributed by atoms with Crippen molar-refractivity contribution in [2.75, 3.05) is 32.7 Å². The molecule has 1 atom stereocenters. The lowest BCUT2D eigenvalue weighted by Crippen LogP contribution is -2.37. The van der Waals surface area contributed by atoms with Crippen LogP contribution >= 0.6 is 0 Å². The summed E-state index contributed by atoms with van der Waals surface area (Å²) in [4.78, 5) is 11.1. The van der Waals surface area contributed by atoms with E-state index in [9.17, 15) is 4.79 Å². The van der Waals surface area contributed by atoms with E-state index in [-0.39, 0.29) is 5.91 Å². The fraction of sp³-hybridized carbons (Fsp3) is 0.909. The zero-order valence-electron chi connectivity index (χ0n) is 9.64. The molecule has 1 unspecified atom stereocenters. The Morgan fingerprint density at radius 2 is 2.40 bits per heavy atom. The summed E-state index contributed by atoms with van der Waals surface area (Å²) in [5, 5.41) is 9.52. The Labute approximate surface area is 92.2 Å². The number of piperidine rings is 1. The van der Waals surface area contributed by atoms with E-state index < -0.39 is 0 Å². The molecule has 1 aliphatic heterocycles. The van der Waals surface area contributed by atoms with Crippen molar-refractivity contribution in [3.05, 3.63) is 0 Å². The van der Waals surface area contributed by atoms with E-state index in [2.05, 4.69) is 16.0 Å². The Hall–Kier alpha value is -0.610. The fourth-order valence-corrected chi connectivity index (χ4v) is 1.89. The van der Waals surface area contributed by atoms with Gasteiger partial charge in [-0.3, -0.25) is 4.79 Å². The van der Waals surface area contributed by atoms with E-state index in [0.29, 0.717) is 6.42 Å². The molecule has 15 heavy (non-hydrogen) atoms. The molecule has 0 aromatic heterocycles. The van der Waals surface area contributed by atoms with Crippen LogP contribution in [0.25, 0.3) is 0 Å². The first kappa shape index (κ1) is 12.5. The number of hydrogen-bond acceptors (Lipinski definition) is 3. The van der Waals surface area contributed by atoms with Crippen molar-refractivity contribution in [2.24, 2.45) is 5.92 Å². The standard InChI is InChI=1S/C11H23N3O/c1-2-14-11(15)5-7-13-9-10-4-3-6-12-8-10/h10,12-13H,2-9H2,1H3,(H,14,15). The molecule has 0 bridgehead atoms. The van der Waals surface area contributed by atoms with Crippen LogP contribution in [-0.2, 0) is 4.79 Å². The second kappa shape index (κ2) is 7.65. The van der Waals surface area contributed by atoms with E-state index in [0.717, 1.165) is 38.6 Å². The molecule has 0 aromatic carbocycles. The minimum Gasteiger partial charge on any atom is -0.356 e. The zero-order valence-corrected chi connectivity index (χ0v) is 9.64. The Morgan fingerprint density at radius 1 is 1.53 bits per heavy atom. The molecule has 1 fully saturated rings. The van der Waals surface area contributed by atoms with Gasteiger partial charge in [-0.25, -0.2) is 0 Å². The molecule has 0 aliphatic carbocycles. The molecule has 1 amide bonds. The molecule has 0 saturated carbocycles. The minimum atomic E-state index is 0.145. The van der Waals surface area contributed by atoms with Gasteiger partial charge in [0.1, 0.15) is 0 Å². The summed E-state index contributed by atoms with van der Waals surface area (Å²) in [6.07, 6.45) is 3.18. The summed E-state index contributed by atoms with van der Waals surface area (Å²) in [7, 11) is 0. The maximum absolute atomic E-state index is 11.1. The normalized spacial score (nSPS) is 21.3. The maximum atomic E-state index is 11.1. The number of rotatable bonds is 6. The highest BCUT2D eigenvalue weighted by Gasteiger charge is 2.11. The topological polar surface area (TPSA) is 53.2 Å². The molecule has 1 heterocycles. The van der Waals surface area contributed by atoms with E-state index in [1.165, 1.54) is 12.8 Å². The summed E-state index contributed by atoms with van der Waals surface area (Å²) in [6.45, 7) is 6.78. The third-order valence-corrected chi connectivity index (χ3v) is 2.73. The summed E-state index contributed by atoms with van der Waals surface area (Å²) >= 11 is 0. The number of carbonyl (C=O) groups excluding carboxylic acids is 1. The van der Waals surface area contributed by atoms with Gasteiger partial charge in [-0.15, -0.1) is 0 Å². The van der Waals surface area contributed by atoms with Crippen LogP contribution in [0.2, 0.25) is 0 Å². The van der Waals surface area contributed by atoms with E-state index in [1.54, 1.807) is 0 Å².